The van der Waals surface area contributed by atoms with Crippen LogP contribution in [0.25, 0.3) is 0 Å². The molecule has 1 unspecified atom stereocenters. The minimum atomic E-state index is -0.323. The molecule has 0 aliphatic carbocycles. The van der Waals surface area contributed by atoms with Gasteiger partial charge in [0.2, 0.25) is 5.91 Å². The Balaban J connectivity index is 3.00. The second-order valence-electron chi connectivity index (χ2n) is 3.91. The second kappa shape index (κ2) is 4.93. The van der Waals surface area contributed by atoms with Crippen LogP contribution < -0.4 is 11.1 Å². The molecule has 5 nitrogen and oxygen atoms in total. The van der Waals surface area contributed by atoms with Crippen molar-refractivity contribution in [2.24, 2.45) is 11.7 Å². The molecule has 0 spiro atoms. The summed E-state index contributed by atoms with van der Waals surface area (Å²) in [6.45, 7) is 4.62. The standard InChI is InChI=1S/C10H18N4O/c1-7(2)9(10(11)15)14-6-13-5-8(14)4-12-3/h5-7,9,12H,4H2,1-3H3,(H2,11,15). The molecule has 0 radical (unpaired) electrons. The predicted molar refractivity (Wildman–Crippen MR) is 58.1 cm³/mol. The number of nitrogens with two attached hydrogens (primary N) is 1. The summed E-state index contributed by atoms with van der Waals surface area (Å²) in [6, 6.07) is -0.323. The molecule has 0 bridgehead atoms. The number of imidazole rings is 1. The number of carbonyl (C=O) groups excluding carboxylic acids is 1. The number of rotatable bonds is 5. The molecule has 0 aliphatic heterocycles. The molecule has 0 saturated carbocycles. The summed E-state index contributed by atoms with van der Waals surface area (Å²) in [5.41, 5.74) is 6.35. The Bertz CT molecular complexity index is 332. The van der Waals surface area contributed by atoms with Gasteiger partial charge in [-0.2, -0.15) is 0 Å². The molecule has 1 aromatic heterocycles. The highest BCUT2D eigenvalue weighted by molar-refractivity contribution is 5.78. The van der Waals surface area contributed by atoms with Gasteiger partial charge in [-0.25, -0.2) is 4.98 Å². The van der Waals surface area contributed by atoms with Gasteiger partial charge in [-0.15, -0.1) is 0 Å². The molecule has 1 atom stereocenters. The molecule has 0 aromatic carbocycles. The quantitative estimate of drug-likeness (QED) is 0.733. The number of nitrogens with zero attached hydrogens (tertiary/aromatic N) is 2. The highest BCUT2D eigenvalue weighted by Crippen LogP contribution is 2.19. The van der Waals surface area contributed by atoms with Crippen molar-refractivity contribution < 1.29 is 4.79 Å². The zero-order chi connectivity index (χ0) is 11.4. The Kier molecular flexibility index (Phi) is 3.85. The average molecular weight is 210 g/mol. The summed E-state index contributed by atoms with van der Waals surface area (Å²) in [5.74, 6) is -0.160. The Morgan fingerprint density at radius 1 is 1.67 bits per heavy atom. The molecule has 3 N–H and O–H groups in total. The van der Waals surface area contributed by atoms with Crippen molar-refractivity contribution in [3.05, 3.63) is 18.2 Å². The van der Waals surface area contributed by atoms with Crippen LogP contribution in [0.4, 0.5) is 0 Å². The van der Waals surface area contributed by atoms with Crippen LogP contribution in [0.3, 0.4) is 0 Å². The number of aromatic nitrogens is 2. The van der Waals surface area contributed by atoms with Crippen LogP contribution in [0, 0.1) is 5.92 Å². The first-order chi connectivity index (χ1) is 7.07. The third kappa shape index (κ3) is 2.56. The molecule has 0 aliphatic rings. The van der Waals surface area contributed by atoms with E-state index in [2.05, 4.69) is 10.3 Å². The lowest BCUT2D eigenvalue weighted by molar-refractivity contribution is -0.122. The Morgan fingerprint density at radius 2 is 2.33 bits per heavy atom. The average Bonchev–Trinajstić information content (AvgIpc) is 2.53. The first-order valence-corrected chi connectivity index (χ1v) is 5.02. The van der Waals surface area contributed by atoms with E-state index in [0.717, 1.165) is 5.69 Å². The third-order valence-electron chi connectivity index (χ3n) is 2.33. The summed E-state index contributed by atoms with van der Waals surface area (Å²) in [6.07, 6.45) is 3.40. The fraction of sp³-hybridized carbons (Fsp3) is 0.600. The van der Waals surface area contributed by atoms with Crippen molar-refractivity contribution in [2.75, 3.05) is 7.05 Å². The summed E-state index contributed by atoms with van der Waals surface area (Å²) in [4.78, 5) is 15.4. The van der Waals surface area contributed by atoms with Gasteiger partial charge in [-0.3, -0.25) is 4.79 Å². The van der Waals surface area contributed by atoms with Gasteiger partial charge in [0.1, 0.15) is 6.04 Å². The minimum Gasteiger partial charge on any atom is -0.368 e. The molecule has 84 valence electrons. The highest BCUT2D eigenvalue weighted by atomic mass is 16.1. The van der Waals surface area contributed by atoms with E-state index in [4.69, 9.17) is 5.73 Å². The predicted octanol–water partition coefficient (Wildman–Crippen LogP) is 0.285. The molecular formula is C10H18N4O. The van der Waals surface area contributed by atoms with Crippen LogP contribution in [-0.4, -0.2) is 22.5 Å². The van der Waals surface area contributed by atoms with Crippen molar-refractivity contribution in [3.8, 4) is 0 Å². The highest BCUT2D eigenvalue weighted by Gasteiger charge is 2.22. The van der Waals surface area contributed by atoms with Gasteiger partial charge in [0.15, 0.2) is 0 Å². The van der Waals surface area contributed by atoms with Crippen molar-refractivity contribution in [3.63, 3.8) is 0 Å². The fourth-order valence-electron chi connectivity index (χ4n) is 1.69. The van der Waals surface area contributed by atoms with Crippen LogP contribution >= 0.6 is 0 Å². The van der Waals surface area contributed by atoms with Gasteiger partial charge < -0.3 is 15.6 Å². The van der Waals surface area contributed by atoms with E-state index >= 15 is 0 Å². The van der Waals surface area contributed by atoms with Crippen LogP contribution in [-0.2, 0) is 11.3 Å². The minimum absolute atomic E-state index is 0.160. The summed E-state index contributed by atoms with van der Waals surface area (Å²) >= 11 is 0. The maximum Gasteiger partial charge on any atom is 0.240 e. The first-order valence-electron chi connectivity index (χ1n) is 5.02. The van der Waals surface area contributed by atoms with E-state index in [0.29, 0.717) is 6.54 Å². The van der Waals surface area contributed by atoms with Gasteiger partial charge in [-0.05, 0) is 13.0 Å². The van der Waals surface area contributed by atoms with E-state index in [1.54, 1.807) is 12.5 Å². The normalized spacial score (nSPS) is 13.1. The van der Waals surface area contributed by atoms with Gasteiger partial charge in [-0.1, -0.05) is 13.8 Å². The van der Waals surface area contributed by atoms with E-state index in [1.165, 1.54) is 0 Å². The molecule has 1 amide bonds. The fourth-order valence-corrected chi connectivity index (χ4v) is 1.69. The van der Waals surface area contributed by atoms with Gasteiger partial charge >= 0.3 is 0 Å². The SMILES string of the molecule is CNCc1cncn1C(C(N)=O)C(C)C. The topological polar surface area (TPSA) is 72.9 Å². The lowest BCUT2D eigenvalue weighted by Crippen LogP contribution is -2.31. The zero-order valence-corrected chi connectivity index (χ0v) is 9.40. The smallest absolute Gasteiger partial charge is 0.240 e. The molecule has 1 rings (SSSR count). The lowest BCUT2D eigenvalue weighted by Gasteiger charge is -2.21. The number of amides is 1. The van der Waals surface area contributed by atoms with Crippen LogP contribution in [0.1, 0.15) is 25.6 Å². The van der Waals surface area contributed by atoms with Gasteiger partial charge in [0.25, 0.3) is 0 Å². The number of hydrogen-bond donors (Lipinski definition) is 2. The molecule has 15 heavy (non-hydrogen) atoms. The summed E-state index contributed by atoms with van der Waals surface area (Å²) in [5, 5.41) is 3.03. The zero-order valence-electron chi connectivity index (χ0n) is 9.40. The van der Waals surface area contributed by atoms with Crippen molar-refractivity contribution >= 4 is 5.91 Å². The van der Waals surface area contributed by atoms with E-state index in [1.807, 2.05) is 25.5 Å². The Hall–Kier alpha value is -1.36. The first kappa shape index (κ1) is 11.7. The number of nitrogens with one attached hydrogen (secondary N) is 1. The van der Waals surface area contributed by atoms with Gasteiger partial charge in [0, 0.05) is 12.7 Å². The molecule has 5 heteroatoms. The van der Waals surface area contributed by atoms with Crippen LogP contribution in [0.5, 0.6) is 0 Å². The van der Waals surface area contributed by atoms with Crippen molar-refractivity contribution in [1.82, 2.24) is 14.9 Å². The maximum absolute atomic E-state index is 11.3. The third-order valence-corrected chi connectivity index (χ3v) is 2.33. The van der Waals surface area contributed by atoms with E-state index in [-0.39, 0.29) is 17.9 Å². The van der Waals surface area contributed by atoms with Crippen LogP contribution in [0.15, 0.2) is 12.5 Å². The van der Waals surface area contributed by atoms with E-state index < -0.39 is 0 Å². The summed E-state index contributed by atoms with van der Waals surface area (Å²) < 4.78 is 1.84. The Morgan fingerprint density at radius 3 is 2.80 bits per heavy atom. The van der Waals surface area contributed by atoms with Crippen molar-refractivity contribution in [1.29, 1.82) is 0 Å². The van der Waals surface area contributed by atoms with Gasteiger partial charge in [0.05, 0.1) is 12.0 Å². The van der Waals surface area contributed by atoms with Crippen LogP contribution in [0.2, 0.25) is 0 Å². The molecular weight excluding hydrogens is 192 g/mol. The van der Waals surface area contributed by atoms with Crippen molar-refractivity contribution in [2.45, 2.75) is 26.4 Å². The monoisotopic (exact) mass is 210 g/mol. The van der Waals surface area contributed by atoms with E-state index in [9.17, 15) is 4.79 Å². The molecule has 1 aromatic rings. The number of primary amides is 1. The number of hydrogen-bond acceptors (Lipinski definition) is 3. The lowest BCUT2D eigenvalue weighted by atomic mass is 10.0. The molecule has 0 fully saturated rings. The second-order valence-corrected chi connectivity index (χ2v) is 3.91. The Labute approximate surface area is 89.7 Å². The largest absolute Gasteiger partial charge is 0.368 e. The number of carbonyl (C=O) groups is 1. The maximum atomic E-state index is 11.3. The molecule has 1 heterocycles. The molecule has 0 saturated heterocycles. The summed E-state index contributed by atoms with van der Waals surface area (Å²) in [7, 11) is 1.85.